The Bertz CT molecular complexity index is 680. The number of benzene rings is 2. The largest absolute Gasteiger partial charge is 0.497 e. The third-order valence-corrected chi connectivity index (χ3v) is 3.31. The molecule has 5 heteroatoms. The van der Waals surface area contributed by atoms with Gasteiger partial charge >= 0.3 is 0 Å². The molecule has 0 bridgehead atoms. The van der Waals surface area contributed by atoms with Gasteiger partial charge in [-0.25, -0.2) is 0 Å². The van der Waals surface area contributed by atoms with Crippen molar-refractivity contribution in [1.29, 1.82) is 0 Å². The molecule has 0 saturated heterocycles. The second kappa shape index (κ2) is 7.98. The van der Waals surface area contributed by atoms with Crippen LogP contribution in [0.15, 0.2) is 42.5 Å². The van der Waals surface area contributed by atoms with E-state index in [1.165, 1.54) is 12.7 Å². The SMILES string of the molecule is COc1ccc(OCC(=O)NCc2ccc(C)cc2)c(C=O)c1. The van der Waals surface area contributed by atoms with E-state index in [2.05, 4.69) is 5.32 Å². The molecule has 120 valence electrons. The fraction of sp³-hybridized carbons (Fsp3) is 0.222. The van der Waals surface area contributed by atoms with Gasteiger partial charge in [0, 0.05) is 6.54 Å². The fourth-order valence-electron chi connectivity index (χ4n) is 1.98. The summed E-state index contributed by atoms with van der Waals surface area (Å²) in [7, 11) is 1.52. The van der Waals surface area contributed by atoms with Crippen LogP contribution in [-0.4, -0.2) is 25.9 Å². The molecule has 0 atom stereocenters. The van der Waals surface area contributed by atoms with Crippen molar-refractivity contribution in [2.45, 2.75) is 13.5 Å². The van der Waals surface area contributed by atoms with Gasteiger partial charge in [-0.05, 0) is 30.7 Å². The van der Waals surface area contributed by atoms with Crippen molar-refractivity contribution in [3.8, 4) is 11.5 Å². The van der Waals surface area contributed by atoms with Crippen LogP contribution in [0.1, 0.15) is 21.5 Å². The van der Waals surface area contributed by atoms with E-state index in [0.717, 1.165) is 5.56 Å². The monoisotopic (exact) mass is 313 g/mol. The van der Waals surface area contributed by atoms with Gasteiger partial charge in [-0.2, -0.15) is 0 Å². The van der Waals surface area contributed by atoms with Gasteiger partial charge in [-0.3, -0.25) is 9.59 Å². The highest BCUT2D eigenvalue weighted by Gasteiger charge is 2.08. The summed E-state index contributed by atoms with van der Waals surface area (Å²) in [6.45, 7) is 2.29. The van der Waals surface area contributed by atoms with Crippen LogP contribution >= 0.6 is 0 Å². The standard InChI is InChI=1S/C18H19NO4/c1-13-3-5-14(6-4-13)10-19-18(21)12-23-17-8-7-16(22-2)9-15(17)11-20/h3-9,11H,10,12H2,1-2H3,(H,19,21). The van der Waals surface area contributed by atoms with E-state index in [1.54, 1.807) is 18.2 Å². The van der Waals surface area contributed by atoms with Gasteiger partial charge in [0.15, 0.2) is 12.9 Å². The summed E-state index contributed by atoms with van der Waals surface area (Å²) < 4.78 is 10.4. The number of aryl methyl sites for hydroxylation is 1. The zero-order chi connectivity index (χ0) is 16.7. The lowest BCUT2D eigenvalue weighted by Gasteiger charge is -2.10. The van der Waals surface area contributed by atoms with E-state index >= 15 is 0 Å². The summed E-state index contributed by atoms with van der Waals surface area (Å²) >= 11 is 0. The minimum Gasteiger partial charge on any atom is -0.497 e. The van der Waals surface area contributed by atoms with E-state index in [4.69, 9.17) is 9.47 Å². The third kappa shape index (κ3) is 4.85. The maximum Gasteiger partial charge on any atom is 0.258 e. The van der Waals surface area contributed by atoms with Crippen molar-refractivity contribution in [3.05, 3.63) is 59.2 Å². The molecule has 0 aliphatic rings. The van der Waals surface area contributed by atoms with Crippen molar-refractivity contribution in [1.82, 2.24) is 5.32 Å². The Morgan fingerprint density at radius 1 is 1.17 bits per heavy atom. The fourth-order valence-corrected chi connectivity index (χ4v) is 1.98. The zero-order valence-corrected chi connectivity index (χ0v) is 13.2. The second-order valence-electron chi connectivity index (χ2n) is 5.07. The molecule has 0 saturated carbocycles. The maximum atomic E-state index is 11.8. The van der Waals surface area contributed by atoms with E-state index in [9.17, 15) is 9.59 Å². The summed E-state index contributed by atoms with van der Waals surface area (Å²) in [4.78, 5) is 22.9. The molecule has 1 amide bonds. The summed E-state index contributed by atoms with van der Waals surface area (Å²) in [5.74, 6) is 0.660. The Morgan fingerprint density at radius 3 is 2.57 bits per heavy atom. The van der Waals surface area contributed by atoms with Gasteiger partial charge < -0.3 is 14.8 Å². The Hall–Kier alpha value is -2.82. The van der Waals surface area contributed by atoms with Crippen LogP contribution in [0, 0.1) is 6.92 Å². The van der Waals surface area contributed by atoms with E-state index in [-0.39, 0.29) is 12.5 Å². The number of hydrogen-bond acceptors (Lipinski definition) is 4. The Labute approximate surface area is 135 Å². The van der Waals surface area contributed by atoms with Crippen molar-refractivity contribution in [3.63, 3.8) is 0 Å². The molecule has 0 fully saturated rings. The molecule has 0 spiro atoms. The Kier molecular flexibility index (Phi) is 5.74. The van der Waals surface area contributed by atoms with Gasteiger partial charge in [0.25, 0.3) is 5.91 Å². The molecule has 1 N–H and O–H groups in total. The number of ether oxygens (including phenoxy) is 2. The highest BCUT2D eigenvalue weighted by Crippen LogP contribution is 2.22. The number of aldehydes is 1. The Morgan fingerprint density at radius 2 is 1.91 bits per heavy atom. The lowest BCUT2D eigenvalue weighted by atomic mass is 10.1. The molecule has 0 aliphatic carbocycles. The normalized spacial score (nSPS) is 10.0. The number of hydrogen-bond donors (Lipinski definition) is 1. The van der Waals surface area contributed by atoms with Crippen molar-refractivity contribution in [2.24, 2.45) is 0 Å². The number of nitrogens with one attached hydrogen (secondary N) is 1. The van der Waals surface area contributed by atoms with Crippen LogP contribution in [0.3, 0.4) is 0 Å². The lowest BCUT2D eigenvalue weighted by molar-refractivity contribution is -0.123. The quantitative estimate of drug-likeness (QED) is 0.798. The topological polar surface area (TPSA) is 64.6 Å². The average molecular weight is 313 g/mol. The minimum atomic E-state index is -0.252. The van der Waals surface area contributed by atoms with Crippen LogP contribution in [-0.2, 0) is 11.3 Å². The molecule has 2 aromatic carbocycles. The average Bonchev–Trinajstić information content (AvgIpc) is 2.59. The van der Waals surface area contributed by atoms with E-state index < -0.39 is 0 Å². The van der Waals surface area contributed by atoms with E-state index in [1.807, 2.05) is 31.2 Å². The first-order chi connectivity index (χ1) is 11.1. The van der Waals surface area contributed by atoms with Gasteiger partial charge in [0.05, 0.1) is 12.7 Å². The summed E-state index contributed by atoms with van der Waals surface area (Å²) in [6, 6.07) is 12.8. The second-order valence-corrected chi connectivity index (χ2v) is 5.07. The molecule has 0 heterocycles. The number of rotatable bonds is 7. The zero-order valence-electron chi connectivity index (χ0n) is 13.2. The molecule has 2 aromatic rings. The molecular formula is C18H19NO4. The summed E-state index contributed by atoms with van der Waals surface area (Å²) in [5, 5.41) is 2.77. The molecule has 0 radical (unpaired) electrons. The number of carbonyl (C=O) groups excluding carboxylic acids is 2. The first kappa shape index (κ1) is 16.5. The summed E-state index contributed by atoms with van der Waals surface area (Å²) in [6.07, 6.45) is 0.669. The van der Waals surface area contributed by atoms with Gasteiger partial charge in [-0.15, -0.1) is 0 Å². The van der Waals surface area contributed by atoms with Gasteiger partial charge in [0.2, 0.25) is 0 Å². The van der Waals surface area contributed by atoms with E-state index in [0.29, 0.717) is 29.9 Å². The predicted molar refractivity (Wildman–Crippen MR) is 86.9 cm³/mol. The molecular weight excluding hydrogens is 294 g/mol. The van der Waals surface area contributed by atoms with Crippen molar-refractivity contribution >= 4 is 12.2 Å². The van der Waals surface area contributed by atoms with Crippen LogP contribution < -0.4 is 14.8 Å². The van der Waals surface area contributed by atoms with Crippen molar-refractivity contribution < 1.29 is 19.1 Å². The molecule has 0 unspecified atom stereocenters. The molecule has 2 rings (SSSR count). The number of amides is 1. The predicted octanol–water partition coefficient (Wildman–Crippen LogP) is 2.51. The molecule has 0 aromatic heterocycles. The number of carbonyl (C=O) groups is 2. The lowest BCUT2D eigenvalue weighted by Crippen LogP contribution is -2.28. The van der Waals surface area contributed by atoms with Crippen LogP contribution in [0.4, 0.5) is 0 Å². The highest BCUT2D eigenvalue weighted by molar-refractivity contribution is 5.81. The van der Waals surface area contributed by atoms with Gasteiger partial charge in [-0.1, -0.05) is 29.8 Å². The van der Waals surface area contributed by atoms with Crippen LogP contribution in [0.2, 0.25) is 0 Å². The number of methoxy groups -OCH3 is 1. The highest BCUT2D eigenvalue weighted by atomic mass is 16.5. The first-order valence-corrected chi connectivity index (χ1v) is 7.20. The Balaban J connectivity index is 1.86. The molecule has 0 aliphatic heterocycles. The third-order valence-electron chi connectivity index (χ3n) is 3.31. The van der Waals surface area contributed by atoms with Gasteiger partial charge in [0.1, 0.15) is 11.5 Å². The maximum absolute atomic E-state index is 11.8. The molecule has 23 heavy (non-hydrogen) atoms. The first-order valence-electron chi connectivity index (χ1n) is 7.20. The van der Waals surface area contributed by atoms with Crippen molar-refractivity contribution in [2.75, 3.05) is 13.7 Å². The smallest absolute Gasteiger partial charge is 0.258 e. The summed E-state index contributed by atoms with van der Waals surface area (Å²) in [5.41, 5.74) is 2.53. The minimum absolute atomic E-state index is 0.154. The molecule has 5 nitrogen and oxygen atoms in total. The van der Waals surface area contributed by atoms with Crippen LogP contribution in [0.25, 0.3) is 0 Å². The van der Waals surface area contributed by atoms with Crippen LogP contribution in [0.5, 0.6) is 11.5 Å².